The Hall–Kier alpha value is -1.51. The highest BCUT2D eigenvalue weighted by molar-refractivity contribution is 5.72. The molecule has 0 spiro atoms. The first-order chi connectivity index (χ1) is 6.40. The van der Waals surface area contributed by atoms with E-state index in [4.69, 9.17) is 0 Å². The zero-order chi connectivity index (χ0) is 9.10. The summed E-state index contributed by atoms with van der Waals surface area (Å²) in [5.74, 6) is 0.834. The minimum atomic E-state index is 0.834. The molecule has 1 heterocycles. The monoisotopic (exact) mass is 173 g/mol. The van der Waals surface area contributed by atoms with Crippen LogP contribution in [0.15, 0.2) is 24.3 Å². The van der Waals surface area contributed by atoms with Gasteiger partial charge in [-0.05, 0) is 18.6 Å². The quantitative estimate of drug-likeness (QED) is 0.697. The number of nitrogens with zero attached hydrogens (tertiary/aromatic N) is 3. The van der Waals surface area contributed by atoms with Crippen molar-refractivity contribution in [3.05, 3.63) is 30.1 Å². The van der Waals surface area contributed by atoms with Crippen molar-refractivity contribution in [3.63, 3.8) is 0 Å². The van der Waals surface area contributed by atoms with E-state index in [0.717, 1.165) is 29.7 Å². The lowest BCUT2D eigenvalue weighted by molar-refractivity contribution is 0.806. The standard InChI is InChI=1S/C10H11N3/c1-2-5-10-11-8-6-3-4-7-9(8)12-13-10/h3-4,6-7H,2,5H2,1H3. The van der Waals surface area contributed by atoms with Crippen LogP contribution in [0.2, 0.25) is 0 Å². The number of aromatic nitrogens is 3. The maximum atomic E-state index is 4.39. The van der Waals surface area contributed by atoms with Crippen molar-refractivity contribution in [1.82, 2.24) is 15.2 Å². The first-order valence-corrected chi connectivity index (χ1v) is 4.48. The van der Waals surface area contributed by atoms with Crippen molar-refractivity contribution in [2.24, 2.45) is 0 Å². The summed E-state index contributed by atoms with van der Waals surface area (Å²) in [6.45, 7) is 2.11. The van der Waals surface area contributed by atoms with Gasteiger partial charge in [-0.15, -0.1) is 10.2 Å². The van der Waals surface area contributed by atoms with E-state index in [9.17, 15) is 0 Å². The van der Waals surface area contributed by atoms with Crippen molar-refractivity contribution < 1.29 is 0 Å². The third-order valence-corrected chi connectivity index (χ3v) is 1.88. The predicted molar refractivity (Wildman–Crippen MR) is 51.3 cm³/mol. The van der Waals surface area contributed by atoms with E-state index < -0.39 is 0 Å². The zero-order valence-electron chi connectivity index (χ0n) is 7.57. The Morgan fingerprint density at radius 2 is 1.85 bits per heavy atom. The van der Waals surface area contributed by atoms with Crippen LogP contribution in [0.1, 0.15) is 19.2 Å². The molecular formula is C10H11N3. The van der Waals surface area contributed by atoms with Crippen LogP contribution in [0, 0.1) is 0 Å². The molecule has 0 unspecified atom stereocenters. The summed E-state index contributed by atoms with van der Waals surface area (Å²) in [4.78, 5) is 4.39. The molecule has 0 atom stereocenters. The summed E-state index contributed by atoms with van der Waals surface area (Å²) in [6.07, 6.45) is 1.96. The number of benzene rings is 1. The van der Waals surface area contributed by atoms with Gasteiger partial charge in [0.1, 0.15) is 5.52 Å². The van der Waals surface area contributed by atoms with Crippen LogP contribution in [0.25, 0.3) is 11.0 Å². The Balaban J connectivity index is 2.49. The van der Waals surface area contributed by atoms with Gasteiger partial charge in [-0.25, -0.2) is 4.98 Å². The fourth-order valence-electron chi connectivity index (χ4n) is 1.25. The Morgan fingerprint density at radius 1 is 1.08 bits per heavy atom. The van der Waals surface area contributed by atoms with Crippen LogP contribution in [0.5, 0.6) is 0 Å². The van der Waals surface area contributed by atoms with Crippen LogP contribution in [0.3, 0.4) is 0 Å². The van der Waals surface area contributed by atoms with Gasteiger partial charge in [-0.1, -0.05) is 19.1 Å². The van der Waals surface area contributed by atoms with E-state index in [1.54, 1.807) is 0 Å². The van der Waals surface area contributed by atoms with Gasteiger partial charge in [-0.2, -0.15) is 0 Å². The smallest absolute Gasteiger partial charge is 0.151 e. The first kappa shape index (κ1) is 8.10. The second kappa shape index (κ2) is 3.47. The van der Waals surface area contributed by atoms with Crippen molar-refractivity contribution in [2.75, 3.05) is 0 Å². The van der Waals surface area contributed by atoms with Gasteiger partial charge in [0.2, 0.25) is 0 Å². The highest BCUT2D eigenvalue weighted by Crippen LogP contribution is 2.06. The lowest BCUT2D eigenvalue weighted by Crippen LogP contribution is -1.97. The van der Waals surface area contributed by atoms with Gasteiger partial charge in [0.25, 0.3) is 0 Å². The fraction of sp³-hybridized carbons (Fsp3) is 0.300. The molecule has 0 saturated heterocycles. The maximum absolute atomic E-state index is 4.39. The van der Waals surface area contributed by atoms with E-state index in [1.807, 2.05) is 24.3 Å². The molecule has 1 aromatic heterocycles. The Morgan fingerprint density at radius 3 is 2.62 bits per heavy atom. The number of hydrogen-bond donors (Lipinski definition) is 0. The number of aryl methyl sites for hydroxylation is 1. The second-order valence-corrected chi connectivity index (χ2v) is 2.97. The number of hydrogen-bond acceptors (Lipinski definition) is 3. The van der Waals surface area contributed by atoms with E-state index in [2.05, 4.69) is 22.1 Å². The lowest BCUT2D eigenvalue weighted by Gasteiger charge is -1.97. The summed E-state index contributed by atoms with van der Waals surface area (Å²) >= 11 is 0. The van der Waals surface area contributed by atoms with Gasteiger partial charge in [0.15, 0.2) is 5.82 Å². The lowest BCUT2D eigenvalue weighted by atomic mass is 10.3. The number of fused-ring (bicyclic) bond motifs is 1. The zero-order valence-corrected chi connectivity index (χ0v) is 7.57. The Labute approximate surface area is 76.8 Å². The molecule has 2 aromatic rings. The average molecular weight is 173 g/mol. The highest BCUT2D eigenvalue weighted by atomic mass is 15.1. The van der Waals surface area contributed by atoms with Crippen LogP contribution >= 0.6 is 0 Å². The second-order valence-electron chi connectivity index (χ2n) is 2.97. The highest BCUT2D eigenvalue weighted by Gasteiger charge is 1.98. The molecule has 0 saturated carbocycles. The van der Waals surface area contributed by atoms with Crippen molar-refractivity contribution in [3.8, 4) is 0 Å². The van der Waals surface area contributed by atoms with E-state index in [1.165, 1.54) is 0 Å². The molecule has 0 amide bonds. The topological polar surface area (TPSA) is 38.7 Å². The molecule has 0 N–H and O–H groups in total. The number of para-hydroxylation sites is 1. The summed E-state index contributed by atoms with van der Waals surface area (Å²) in [5.41, 5.74) is 1.79. The summed E-state index contributed by atoms with van der Waals surface area (Å²) in [6, 6.07) is 7.79. The molecule has 3 nitrogen and oxygen atoms in total. The molecule has 0 aliphatic rings. The van der Waals surface area contributed by atoms with Crippen molar-refractivity contribution >= 4 is 11.0 Å². The molecule has 1 aromatic carbocycles. The van der Waals surface area contributed by atoms with Crippen molar-refractivity contribution in [2.45, 2.75) is 19.8 Å². The molecule has 0 radical (unpaired) electrons. The van der Waals surface area contributed by atoms with Gasteiger partial charge in [0.05, 0.1) is 5.52 Å². The Kier molecular flexibility index (Phi) is 2.17. The van der Waals surface area contributed by atoms with Crippen LogP contribution in [-0.2, 0) is 6.42 Å². The summed E-state index contributed by atoms with van der Waals surface area (Å²) < 4.78 is 0. The summed E-state index contributed by atoms with van der Waals surface area (Å²) in [7, 11) is 0. The SMILES string of the molecule is CCCc1nnc2ccccc2n1. The van der Waals surface area contributed by atoms with Gasteiger partial charge >= 0.3 is 0 Å². The average Bonchev–Trinajstić information content (AvgIpc) is 2.18. The molecule has 13 heavy (non-hydrogen) atoms. The predicted octanol–water partition coefficient (Wildman–Crippen LogP) is 1.98. The normalized spacial score (nSPS) is 10.5. The van der Waals surface area contributed by atoms with Crippen molar-refractivity contribution in [1.29, 1.82) is 0 Å². The largest absolute Gasteiger partial charge is 0.229 e. The summed E-state index contributed by atoms with van der Waals surface area (Å²) in [5, 5.41) is 8.12. The van der Waals surface area contributed by atoms with Gasteiger partial charge in [0, 0.05) is 6.42 Å². The molecular weight excluding hydrogens is 162 g/mol. The van der Waals surface area contributed by atoms with E-state index in [-0.39, 0.29) is 0 Å². The Bertz CT molecular complexity index is 412. The van der Waals surface area contributed by atoms with E-state index >= 15 is 0 Å². The minimum absolute atomic E-state index is 0.834. The van der Waals surface area contributed by atoms with Crippen LogP contribution < -0.4 is 0 Å². The first-order valence-electron chi connectivity index (χ1n) is 4.48. The van der Waals surface area contributed by atoms with Gasteiger partial charge < -0.3 is 0 Å². The molecule has 66 valence electrons. The molecule has 0 aliphatic heterocycles. The molecule has 0 aliphatic carbocycles. The fourth-order valence-corrected chi connectivity index (χ4v) is 1.25. The maximum Gasteiger partial charge on any atom is 0.151 e. The minimum Gasteiger partial charge on any atom is -0.229 e. The third kappa shape index (κ3) is 1.64. The molecule has 3 heteroatoms. The molecule has 2 rings (SSSR count). The van der Waals surface area contributed by atoms with Crippen LogP contribution in [0.4, 0.5) is 0 Å². The van der Waals surface area contributed by atoms with E-state index in [0.29, 0.717) is 0 Å². The molecule has 0 bridgehead atoms. The molecule has 0 fully saturated rings. The number of rotatable bonds is 2. The van der Waals surface area contributed by atoms with Crippen LogP contribution in [-0.4, -0.2) is 15.2 Å². The third-order valence-electron chi connectivity index (χ3n) is 1.88. The van der Waals surface area contributed by atoms with Gasteiger partial charge in [-0.3, -0.25) is 0 Å².